The number of nitrogens with zero attached hydrogens (tertiary/aromatic N) is 1. The lowest BCUT2D eigenvalue weighted by Crippen LogP contribution is -2.41. The molecule has 0 saturated carbocycles. The van der Waals surface area contributed by atoms with E-state index in [0.29, 0.717) is 21.4 Å². The molecule has 0 aliphatic heterocycles. The molecular weight excluding hydrogens is 364 g/mol. The van der Waals surface area contributed by atoms with E-state index in [2.05, 4.69) is 26.2 Å². The van der Waals surface area contributed by atoms with Gasteiger partial charge in [0, 0.05) is 22.4 Å². The van der Waals surface area contributed by atoms with E-state index in [1.165, 1.54) is 25.0 Å². The van der Waals surface area contributed by atoms with Gasteiger partial charge in [-0.25, -0.2) is 0 Å². The molecule has 0 fully saturated rings. The summed E-state index contributed by atoms with van der Waals surface area (Å²) in [7, 11) is 0. The Bertz CT molecular complexity index is 750. The first-order valence-corrected chi connectivity index (χ1v) is 7.57. The summed E-state index contributed by atoms with van der Waals surface area (Å²) in [6.07, 6.45) is 7.35. The molecule has 2 N–H and O–H groups in total. The van der Waals surface area contributed by atoms with Crippen molar-refractivity contribution in [1.29, 1.82) is 0 Å². The van der Waals surface area contributed by atoms with Crippen LogP contribution in [0.2, 0.25) is 0 Å². The van der Waals surface area contributed by atoms with Crippen molar-refractivity contribution in [2.45, 2.75) is 5.60 Å². The molecular formula is C16H13BrN2O4. The molecule has 7 heteroatoms. The van der Waals surface area contributed by atoms with Gasteiger partial charge in [0.25, 0.3) is 5.91 Å². The van der Waals surface area contributed by atoms with Crippen LogP contribution >= 0.6 is 15.9 Å². The lowest BCUT2D eigenvalue weighted by Gasteiger charge is -2.25. The van der Waals surface area contributed by atoms with Crippen LogP contribution in [-0.4, -0.2) is 22.5 Å². The van der Waals surface area contributed by atoms with Crippen molar-refractivity contribution in [3.8, 4) is 0 Å². The predicted octanol–water partition coefficient (Wildman–Crippen LogP) is 2.70. The first-order chi connectivity index (χ1) is 11.1. The lowest BCUT2D eigenvalue weighted by molar-refractivity contribution is 0.0520. The standard InChI is InChI=1S/C16H13BrN2O4/c17-13-6-11(7-18-8-13)15(20)19-10-16(21,12-3-5-22-9-12)14-2-1-4-23-14/h1-9,21H,10H2,(H,19,20)/t16-/m1/s1. The van der Waals surface area contributed by atoms with Crippen LogP contribution in [0.1, 0.15) is 21.7 Å². The van der Waals surface area contributed by atoms with Crippen LogP contribution in [0.4, 0.5) is 0 Å². The van der Waals surface area contributed by atoms with Crippen LogP contribution in [0.3, 0.4) is 0 Å². The lowest BCUT2D eigenvalue weighted by atomic mass is 9.93. The van der Waals surface area contributed by atoms with Gasteiger partial charge in [-0.05, 0) is 40.2 Å². The smallest absolute Gasteiger partial charge is 0.253 e. The van der Waals surface area contributed by atoms with Gasteiger partial charge in [0.05, 0.1) is 30.9 Å². The maximum absolute atomic E-state index is 12.2. The first kappa shape index (κ1) is 15.5. The number of aromatic nitrogens is 1. The summed E-state index contributed by atoms with van der Waals surface area (Å²) in [6, 6.07) is 6.57. The van der Waals surface area contributed by atoms with Crippen molar-refractivity contribution >= 4 is 21.8 Å². The number of hydrogen-bond acceptors (Lipinski definition) is 5. The first-order valence-electron chi connectivity index (χ1n) is 6.77. The highest BCUT2D eigenvalue weighted by atomic mass is 79.9. The zero-order chi connectivity index (χ0) is 16.3. The second kappa shape index (κ2) is 6.39. The maximum atomic E-state index is 12.2. The van der Waals surface area contributed by atoms with Crippen molar-refractivity contribution in [2.24, 2.45) is 0 Å². The van der Waals surface area contributed by atoms with E-state index in [-0.39, 0.29) is 12.5 Å². The Hall–Kier alpha value is -2.38. The number of aliphatic hydroxyl groups is 1. The summed E-state index contributed by atoms with van der Waals surface area (Å²) in [6.45, 7) is -0.0780. The Morgan fingerprint density at radius 1 is 1.35 bits per heavy atom. The minimum absolute atomic E-state index is 0.0780. The van der Waals surface area contributed by atoms with Crippen LogP contribution in [0.15, 0.2) is 68.8 Å². The van der Waals surface area contributed by atoms with E-state index in [9.17, 15) is 9.90 Å². The Kier molecular flexibility index (Phi) is 4.31. The number of hydrogen-bond donors (Lipinski definition) is 2. The van der Waals surface area contributed by atoms with Crippen LogP contribution < -0.4 is 5.32 Å². The molecule has 3 heterocycles. The number of amides is 1. The molecule has 23 heavy (non-hydrogen) atoms. The Morgan fingerprint density at radius 3 is 2.87 bits per heavy atom. The number of halogens is 1. The fraction of sp³-hybridized carbons (Fsp3) is 0.125. The SMILES string of the molecule is O=C(NC[C@@](O)(c1ccoc1)c1ccco1)c1cncc(Br)c1. The van der Waals surface area contributed by atoms with Gasteiger partial charge in [-0.3, -0.25) is 9.78 Å². The van der Waals surface area contributed by atoms with Gasteiger partial charge in [0.15, 0.2) is 5.60 Å². The molecule has 3 aromatic rings. The molecule has 1 atom stereocenters. The molecule has 0 spiro atoms. The highest BCUT2D eigenvalue weighted by Crippen LogP contribution is 2.29. The fourth-order valence-electron chi connectivity index (χ4n) is 2.19. The molecule has 0 bridgehead atoms. The van der Waals surface area contributed by atoms with E-state index < -0.39 is 5.60 Å². The Labute approximate surface area is 140 Å². The number of carbonyl (C=O) groups excluding carboxylic acids is 1. The van der Waals surface area contributed by atoms with E-state index in [1.807, 2.05) is 0 Å². The predicted molar refractivity (Wildman–Crippen MR) is 84.7 cm³/mol. The Morgan fingerprint density at radius 2 is 2.22 bits per heavy atom. The van der Waals surface area contributed by atoms with Crippen LogP contribution in [-0.2, 0) is 5.60 Å². The molecule has 0 aliphatic rings. The molecule has 6 nitrogen and oxygen atoms in total. The van der Waals surface area contributed by atoms with E-state index in [4.69, 9.17) is 8.83 Å². The quantitative estimate of drug-likeness (QED) is 0.714. The third kappa shape index (κ3) is 3.20. The number of nitrogens with one attached hydrogen (secondary N) is 1. The van der Waals surface area contributed by atoms with Crippen LogP contribution in [0.25, 0.3) is 0 Å². The van der Waals surface area contributed by atoms with E-state index in [1.54, 1.807) is 30.5 Å². The van der Waals surface area contributed by atoms with Crippen molar-refractivity contribution in [3.63, 3.8) is 0 Å². The summed E-state index contributed by atoms with van der Waals surface area (Å²) >= 11 is 3.26. The second-order valence-corrected chi connectivity index (χ2v) is 5.84. The zero-order valence-electron chi connectivity index (χ0n) is 11.9. The van der Waals surface area contributed by atoms with E-state index >= 15 is 0 Å². The van der Waals surface area contributed by atoms with Crippen LogP contribution in [0, 0.1) is 0 Å². The van der Waals surface area contributed by atoms with Gasteiger partial charge in [0.1, 0.15) is 5.76 Å². The number of rotatable bonds is 5. The third-order valence-electron chi connectivity index (χ3n) is 3.40. The summed E-state index contributed by atoms with van der Waals surface area (Å²) in [4.78, 5) is 16.2. The van der Waals surface area contributed by atoms with Gasteiger partial charge in [-0.1, -0.05) is 0 Å². The number of pyridine rings is 1. The molecule has 0 radical (unpaired) electrons. The van der Waals surface area contributed by atoms with Gasteiger partial charge in [-0.15, -0.1) is 0 Å². The van der Waals surface area contributed by atoms with Crippen molar-refractivity contribution in [3.05, 3.63) is 76.8 Å². The highest BCUT2D eigenvalue weighted by Gasteiger charge is 2.36. The summed E-state index contributed by atoms with van der Waals surface area (Å²) in [5.41, 5.74) is -0.653. The molecule has 118 valence electrons. The van der Waals surface area contributed by atoms with Crippen molar-refractivity contribution in [2.75, 3.05) is 6.54 Å². The Balaban J connectivity index is 1.82. The molecule has 0 aliphatic carbocycles. The minimum atomic E-state index is -1.52. The number of furan rings is 2. The average Bonchev–Trinajstić information content (AvgIpc) is 3.25. The molecule has 1 amide bonds. The highest BCUT2D eigenvalue weighted by molar-refractivity contribution is 9.10. The summed E-state index contributed by atoms with van der Waals surface area (Å²) in [5.74, 6) is -0.0427. The van der Waals surface area contributed by atoms with Gasteiger partial charge < -0.3 is 19.3 Å². The molecule has 3 aromatic heterocycles. The second-order valence-electron chi connectivity index (χ2n) is 4.92. The topological polar surface area (TPSA) is 88.5 Å². The third-order valence-corrected chi connectivity index (χ3v) is 3.83. The molecule has 3 rings (SSSR count). The largest absolute Gasteiger partial charge is 0.472 e. The van der Waals surface area contributed by atoms with Crippen LogP contribution in [0.5, 0.6) is 0 Å². The minimum Gasteiger partial charge on any atom is -0.472 e. The van der Waals surface area contributed by atoms with Gasteiger partial charge >= 0.3 is 0 Å². The molecule has 0 aromatic carbocycles. The summed E-state index contributed by atoms with van der Waals surface area (Å²) < 4.78 is 11.0. The van der Waals surface area contributed by atoms with E-state index in [0.717, 1.165) is 0 Å². The molecule has 0 saturated heterocycles. The average molecular weight is 377 g/mol. The van der Waals surface area contributed by atoms with Gasteiger partial charge in [-0.2, -0.15) is 0 Å². The number of carbonyl (C=O) groups is 1. The summed E-state index contributed by atoms with van der Waals surface area (Å²) in [5, 5.41) is 13.7. The van der Waals surface area contributed by atoms with Crippen molar-refractivity contribution < 1.29 is 18.7 Å². The molecule has 0 unspecified atom stereocenters. The fourth-order valence-corrected chi connectivity index (χ4v) is 2.56. The van der Waals surface area contributed by atoms with Gasteiger partial charge in [0.2, 0.25) is 0 Å². The zero-order valence-corrected chi connectivity index (χ0v) is 13.5. The maximum Gasteiger partial charge on any atom is 0.253 e. The van der Waals surface area contributed by atoms with Crippen molar-refractivity contribution in [1.82, 2.24) is 10.3 Å². The normalized spacial score (nSPS) is 13.5. The monoisotopic (exact) mass is 376 g/mol.